The highest BCUT2D eigenvalue weighted by Gasteiger charge is 2.30. The normalized spacial score (nSPS) is 15.0. The minimum Gasteiger partial charge on any atom is -0.348 e. The van der Waals surface area contributed by atoms with Crippen LogP contribution in [0.2, 0.25) is 0 Å². The highest BCUT2D eigenvalue weighted by Crippen LogP contribution is 2.33. The van der Waals surface area contributed by atoms with Gasteiger partial charge in [0.1, 0.15) is 5.82 Å². The van der Waals surface area contributed by atoms with Crippen molar-refractivity contribution >= 4 is 21.8 Å². The molecular weight excluding hydrogens is 321 g/mol. The molecule has 1 amide bonds. The molecule has 0 aliphatic carbocycles. The Hall–Kier alpha value is -0.900. The lowest BCUT2D eigenvalue weighted by atomic mass is 9.82. The van der Waals surface area contributed by atoms with Gasteiger partial charge in [0.25, 0.3) is 0 Å². The van der Waals surface area contributed by atoms with Crippen LogP contribution in [0.1, 0.15) is 46.2 Å². The van der Waals surface area contributed by atoms with Crippen LogP contribution in [-0.4, -0.2) is 10.7 Å². The fraction of sp³-hybridized carbons (Fsp3) is 0.562. The summed E-state index contributed by atoms with van der Waals surface area (Å²) >= 11 is 3.41. The van der Waals surface area contributed by atoms with E-state index in [1.807, 2.05) is 13.8 Å². The van der Waals surface area contributed by atoms with E-state index < -0.39 is 0 Å². The van der Waals surface area contributed by atoms with Crippen molar-refractivity contribution in [1.29, 1.82) is 0 Å². The molecule has 0 aromatic heterocycles. The maximum absolute atomic E-state index is 13.0. The van der Waals surface area contributed by atoms with Crippen LogP contribution in [0.25, 0.3) is 0 Å². The van der Waals surface area contributed by atoms with Gasteiger partial charge in [0.15, 0.2) is 0 Å². The van der Waals surface area contributed by atoms with Crippen molar-refractivity contribution in [2.24, 2.45) is 11.3 Å². The van der Waals surface area contributed by atoms with E-state index in [9.17, 15) is 9.18 Å². The minimum atomic E-state index is -0.270. The van der Waals surface area contributed by atoms with Gasteiger partial charge in [-0.25, -0.2) is 4.39 Å². The predicted octanol–water partition coefficient (Wildman–Crippen LogP) is 4.45. The Morgan fingerprint density at radius 3 is 2.10 bits per heavy atom. The van der Waals surface area contributed by atoms with E-state index in [0.29, 0.717) is 0 Å². The number of benzene rings is 1. The van der Waals surface area contributed by atoms with Gasteiger partial charge in [0.2, 0.25) is 5.91 Å². The van der Waals surface area contributed by atoms with Gasteiger partial charge in [-0.3, -0.25) is 4.79 Å². The van der Waals surface area contributed by atoms with Crippen LogP contribution in [0.4, 0.5) is 4.39 Å². The van der Waals surface area contributed by atoms with Crippen LogP contribution < -0.4 is 5.32 Å². The molecule has 20 heavy (non-hydrogen) atoms. The number of carbonyl (C=O) groups excluding carboxylic acids is 1. The lowest BCUT2D eigenvalue weighted by Crippen LogP contribution is -2.41. The van der Waals surface area contributed by atoms with Crippen molar-refractivity contribution in [2.75, 3.05) is 0 Å². The fourth-order valence-corrected chi connectivity index (χ4v) is 2.11. The second-order valence-corrected chi connectivity index (χ2v) is 7.49. The lowest BCUT2D eigenvalue weighted by molar-refractivity contribution is -0.122. The summed E-state index contributed by atoms with van der Waals surface area (Å²) < 4.78 is 13.0. The Kier molecular flexibility index (Phi) is 5.75. The first-order valence-electron chi connectivity index (χ1n) is 6.83. The molecule has 1 aromatic rings. The highest BCUT2D eigenvalue weighted by atomic mass is 79.9. The van der Waals surface area contributed by atoms with Gasteiger partial charge in [-0.1, -0.05) is 62.7 Å². The van der Waals surface area contributed by atoms with Crippen molar-refractivity contribution in [2.45, 2.75) is 45.5 Å². The molecule has 1 N–H and O–H groups in total. The molecule has 1 aromatic carbocycles. The SMILES string of the molecule is CC(C)C(Br)C(=O)NC(c1ccc(F)cc1)C(C)(C)C. The van der Waals surface area contributed by atoms with Gasteiger partial charge in [-0.05, 0) is 29.0 Å². The molecular formula is C16H23BrFNO. The molecule has 4 heteroatoms. The van der Waals surface area contributed by atoms with E-state index in [0.717, 1.165) is 5.56 Å². The molecule has 1 rings (SSSR count). The monoisotopic (exact) mass is 343 g/mol. The van der Waals surface area contributed by atoms with Gasteiger partial charge in [-0.15, -0.1) is 0 Å². The average molecular weight is 344 g/mol. The summed E-state index contributed by atoms with van der Waals surface area (Å²) in [5.41, 5.74) is 0.757. The summed E-state index contributed by atoms with van der Waals surface area (Å²) in [6.45, 7) is 10.1. The second kappa shape index (κ2) is 6.70. The Balaban J connectivity index is 2.97. The first kappa shape index (κ1) is 17.2. The molecule has 2 nitrogen and oxygen atoms in total. The molecule has 0 heterocycles. The second-order valence-electron chi connectivity index (χ2n) is 6.50. The molecule has 0 spiro atoms. The zero-order chi connectivity index (χ0) is 15.5. The number of nitrogens with one attached hydrogen (secondary N) is 1. The fourth-order valence-electron chi connectivity index (χ4n) is 1.98. The largest absolute Gasteiger partial charge is 0.348 e. The standard InChI is InChI=1S/C16H23BrFNO/c1-10(2)13(17)15(20)19-14(16(3,4)5)11-6-8-12(18)9-7-11/h6-10,13-14H,1-5H3,(H,19,20). The first-order chi connectivity index (χ1) is 9.12. The third-order valence-electron chi connectivity index (χ3n) is 3.19. The number of amides is 1. The van der Waals surface area contributed by atoms with Crippen molar-refractivity contribution in [3.8, 4) is 0 Å². The molecule has 2 atom stereocenters. The first-order valence-corrected chi connectivity index (χ1v) is 7.74. The van der Waals surface area contributed by atoms with Gasteiger partial charge in [-0.2, -0.15) is 0 Å². The van der Waals surface area contributed by atoms with Crippen LogP contribution in [0.3, 0.4) is 0 Å². The third kappa shape index (κ3) is 4.58. The molecule has 0 aliphatic rings. The predicted molar refractivity (Wildman–Crippen MR) is 84.3 cm³/mol. The van der Waals surface area contributed by atoms with Crippen molar-refractivity contribution in [3.05, 3.63) is 35.6 Å². The number of carbonyl (C=O) groups is 1. The summed E-state index contributed by atoms with van der Waals surface area (Å²) in [4.78, 5) is 12.0. The third-order valence-corrected chi connectivity index (χ3v) is 4.66. The zero-order valence-corrected chi connectivity index (χ0v) is 14.3. The summed E-state index contributed by atoms with van der Waals surface area (Å²) in [6.07, 6.45) is 0. The Bertz CT molecular complexity index is 451. The number of alkyl halides is 1. The Morgan fingerprint density at radius 1 is 1.20 bits per heavy atom. The van der Waals surface area contributed by atoms with E-state index in [1.54, 1.807) is 12.1 Å². The molecule has 0 bridgehead atoms. The van der Waals surface area contributed by atoms with E-state index in [1.165, 1.54) is 12.1 Å². The van der Waals surface area contributed by atoms with Crippen LogP contribution in [0.5, 0.6) is 0 Å². The smallest absolute Gasteiger partial charge is 0.234 e. The van der Waals surface area contributed by atoms with Crippen LogP contribution in [0, 0.1) is 17.2 Å². The van der Waals surface area contributed by atoms with Gasteiger partial charge in [0, 0.05) is 0 Å². The quantitative estimate of drug-likeness (QED) is 0.804. The minimum absolute atomic E-state index is 0.0377. The molecule has 2 unspecified atom stereocenters. The van der Waals surface area contributed by atoms with Crippen molar-refractivity contribution < 1.29 is 9.18 Å². The Morgan fingerprint density at radius 2 is 1.70 bits per heavy atom. The van der Waals surface area contributed by atoms with Crippen LogP contribution >= 0.6 is 15.9 Å². The number of hydrogen-bond donors (Lipinski definition) is 1. The zero-order valence-electron chi connectivity index (χ0n) is 12.7. The van der Waals surface area contributed by atoms with Gasteiger partial charge < -0.3 is 5.32 Å². The lowest BCUT2D eigenvalue weighted by Gasteiger charge is -2.33. The topological polar surface area (TPSA) is 29.1 Å². The molecule has 0 radical (unpaired) electrons. The number of hydrogen-bond acceptors (Lipinski definition) is 1. The highest BCUT2D eigenvalue weighted by molar-refractivity contribution is 9.10. The molecule has 0 saturated carbocycles. The molecule has 112 valence electrons. The summed E-state index contributed by atoms with van der Waals surface area (Å²) in [5, 5.41) is 3.07. The Labute approximate surface area is 129 Å². The number of halogens is 2. The van der Waals surface area contributed by atoms with E-state index >= 15 is 0 Å². The molecule has 0 fully saturated rings. The van der Waals surface area contributed by atoms with Gasteiger partial charge >= 0.3 is 0 Å². The van der Waals surface area contributed by atoms with Crippen LogP contribution in [0.15, 0.2) is 24.3 Å². The van der Waals surface area contributed by atoms with Crippen molar-refractivity contribution in [1.82, 2.24) is 5.32 Å². The van der Waals surface area contributed by atoms with Gasteiger partial charge in [0.05, 0.1) is 10.9 Å². The maximum Gasteiger partial charge on any atom is 0.234 e. The molecule has 0 saturated heterocycles. The van der Waals surface area contributed by atoms with E-state index in [2.05, 4.69) is 42.0 Å². The summed E-state index contributed by atoms with van der Waals surface area (Å²) in [7, 11) is 0. The average Bonchev–Trinajstić information content (AvgIpc) is 2.34. The van der Waals surface area contributed by atoms with Crippen molar-refractivity contribution in [3.63, 3.8) is 0 Å². The maximum atomic E-state index is 13.0. The van der Waals surface area contributed by atoms with E-state index in [4.69, 9.17) is 0 Å². The summed E-state index contributed by atoms with van der Waals surface area (Å²) in [6, 6.07) is 6.14. The number of rotatable bonds is 4. The summed E-state index contributed by atoms with van der Waals surface area (Å²) in [5.74, 6) is -0.0960. The van der Waals surface area contributed by atoms with Crippen LogP contribution in [-0.2, 0) is 4.79 Å². The van der Waals surface area contributed by atoms with E-state index in [-0.39, 0.29) is 33.9 Å². The molecule has 0 aliphatic heterocycles.